The summed E-state index contributed by atoms with van der Waals surface area (Å²) in [6, 6.07) is 10.8. The van der Waals surface area contributed by atoms with Crippen LogP contribution in [0.15, 0.2) is 24.3 Å². The van der Waals surface area contributed by atoms with E-state index in [1.807, 2.05) is 12.1 Å². The van der Waals surface area contributed by atoms with Gasteiger partial charge >= 0.3 is 0 Å². The molecule has 1 fully saturated rings. The topological polar surface area (TPSA) is 117 Å². The molecular formula is C19H21N5O3. The number of hydrogen-bond donors (Lipinski definition) is 1. The second kappa shape index (κ2) is 9.35. The number of benzene rings is 1. The molecule has 1 atom stereocenters. The van der Waals surface area contributed by atoms with Gasteiger partial charge in [0.1, 0.15) is 0 Å². The van der Waals surface area contributed by atoms with Gasteiger partial charge in [-0.15, -0.1) is 0 Å². The Morgan fingerprint density at radius 1 is 1.19 bits per heavy atom. The zero-order valence-electron chi connectivity index (χ0n) is 15.1. The Hall–Kier alpha value is -3.39. The quantitative estimate of drug-likeness (QED) is 0.786. The summed E-state index contributed by atoms with van der Waals surface area (Å²) in [5.74, 6) is -1.03. The molecule has 0 aliphatic carbocycles. The number of rotatable bonds is 7. The molecule has 1 N–H and O–H groups in total. The first-order valence-electron chi connectivity index (χ1n) is 8.67. The summed E-state index contributed by atoms with van der Waals surface area (Å²) in [5.41, 5.74) is 1.29. The summed E-state index contributed by atoms with van der Waals surface area (Å²) in [6.07, 6.45) is 0.472. The van der Waals surface area contributed by atoms with Crippen molar-refractivity contribution >= 4 is 29.1 Å². The SMILES string of the molecule is CC(=O)Nc1ccc(N2CC(C(=O)N(CCC#N)CCC#N)CC2=O)cc1. The molecule has 8 nitrogen and oxygen atoms in total. The standard InChI is InChI=1S/C19H21N5O3/c1-14(25)22-16-4-6-17(7-5-16)24-13-15(12-18(24)26)19(27)23(10-2-8-20)11-3-9-21/h4-7,15H,2-3,10-13H2,1H3,(H,22,25). The number of nitriles is 2. The third-order valence-corrected chi connectivity index (χ3v) is 4.27. The molecule has 1 aliphatic rings. The van der Waals surface area contributed by atoms with Crippen LogP contribution in [0.3, 0.4) is 0 Å². The molecule has 0 saturated carbocycles. The van der Waals surface area contributed by atoms with Crippen molar-refractivity contribution in [3.8, 4) is 12.1 Å². The summed E-state index contributed by atoms with van der Waals surface area (Å²) in [7, 11) is 0. The van der Waals surface area contributed by atoms with Crippen molar-refractivity contribution in [3.05, 3.63) is 24.3 Å². The molecule has 0 radical (unpaired) electrons. The third-order valence-electron chi connectivity index (χ3n) is 4.27. The second-order valence-corrected chi connectivity index (χ2v) is 6.27. The fourth-order valence-corrected chi connectivity index (χ4v) is 3.01. The van der Waals surface area contributed by atoms with Gasteiger partial charge in [-0.1, -0.05) is 0 Å². The van der Waals surface area contributed by atoms with Crippen molar-refractivity contribution in [2.75, 3.05) is 29.9 Å². The predicted octanol–water partition coefficient (Wildman–Crippen LogP) is 1.65. The van der Waals surface area contributed by atoms with Crippen LogP contribution in [0.2, 0.25) is 0 Å². The number of nitrogens with one attached hydrogen (secondary N) is 1. The van der Waals surface area contributed by atoms with Gasteiger partial charge in [0.2, 0.25) is 17.7 Å². The molecule has 140 valence electrons. The fraction of sp³-hybridized carbons (Fsp3) is 0.421. The van der Waals surface area contributed by atoms with Gasteiger partial charge in [-0.3, -0.25) is 14.4 Å². The minimum Gasteiger partial charge on any atom is -0.340 e. The molecule has 0 bridgehead atoms. The Morgan fingerprint density at radius 2 is 1.78 bits per heavy atom. The smallest absolute Gasteiger partial charge is 0.228 e. The largest absolute Gasteiger partial charge is 0.340 e. The first kappa shape index (κ1) is 19.9. The van der Waals surface area contributed by atoms with E-state index >= 15 is 0 Å². The highest BCUT2D eigenvalue weighted by Gasteiger charge is 2.37. The molecule has 8 heteroatoms. The number of amides is 3. The van der Waals surface area contributed by atoms with Gasteiger partial charge < -0.3 is 15.1 Å². The maximum atomic E-state index is 12.7. The van der Waals surface area contributed by atoms with Crippen LogP contribution in [0.25, 0.3) is 0 Å². The lowest BCUT2D eigenvalue weighted by atomic mass is 10.1. The summed E-state index contributed by atoms with van der Waals surface area (Å²) >= 11 is 0. The van der Waals surface area contributed by atoms with Gasteiger partial charge in [-0.25, -0.2) is 0 Å². The van der Waals surface area contributed by atoms with Gasteiger partial charge in [0.15, 0.2) is 0 Å². The van der Waals surface area contributed by atoms with Crippen LogP contribution in [0.4, 0.5) is 11.4 Å². The zero-order valence-corrected chi connectivity index (χ0v) is 15.1. The molecule has 1 heterocycles. The molecule has 0 aromatic heterocycles. The molecule has 1 aromatic rings. The Bertz CT molecular complexity index is 773. The highest BCUT2D eigenvalue weighted by Crippen LogP contribution is 2.27. The monoisotopic (exact) mass is 367 g/mol. The lowest BCUT2D eigenvalue weighted by Crippen LogP contribution is -2.38. The number of nitrogens with zero attached hydrogens (tertiary/aromatic N) is 4. The van der Waals surface area contributed by atoms with Gasteiger partial charge in [0.05, 0.1) is 30.9 Å². The van der Waals surface area contributed by atoms with Crippen molar-refractivity contribution in [1.82, 2.24) is 4.90 Å². The van der Waals surface area contributed by atoms with E-state index < -0.39 is 5.92 Å². The maximum absolute atomic E-state index is 12.7. The van der Waals surface area contributed by atoms with Crippen LogP contribution in [0.1, 0.15) is 26.2 Å². The molecule has 1 saturated heterocycles. The van der Waals surface area contributed by atoms with Crippen LogP contribution in [0, 0.1) is 28.6 Å². The van der Waals surface area contributed by atoms with Gasteiger partial charge in [0, 0.05) is 44.4 Å². The van der Waals surface area contributed by atoms with Crippen molar-refractivity contribution in [2.45, 2.75) is 26.2 Å². The number of hydrogen-bond acceptors (Lipinski definition) is 5. The Kier molecular flexibility index (Phi) is 6.90. The molecule has 27 heavy (non-hydrogen) atoms. The number of anilines is 2. The molecule has 3 amide bonds. The van der Waals surface area contributed by atoms with Gasteiger partial charge in [0.25, 0.3) is 0 Å². The summed E-state index contributed by atoms with van der Waals surface area (Å²) in [4.78, 5) is 39.2. The van der Waals surface area contributed by atoms with E-state index in [1.54, 1.807) is 29.2 Å². The average molecular weight is 367 g/mol. The van der Waals surface area contributed by atoms with Gasteiger partial charge in [-0.05, 0) is 24.3 Å². The summed E-state index contributed by atoms with van der Waals surface area (Å²) in [6.45, 7) is 2.19. The minimum absolute atomic E-state index is 0.0991. The molecule has 1 aromatic carbocycles. The second-order valence-electron chi connectivity index (χ2n) is 6.27. The molecule has 1 aliphatic heterocycles. The molecule has 0 spiro atoms. The third kappa shape index (κ3) is 5.29. The number of carbonyl (C=O) groups is 3. The lowest BCUT2D eigenvalue weighted by Gasteiger charge is -2.24. The van der Waals surface area contributed by atoms with Crippen molar-refractivity contribution in [3.63, 3.8) is 0 Å². The normalized spacial score (nSPS) is 15.7. The highest BCUT2D eigenvalue weighted by atomic mass is 16.2. The molecule has 1 unspecified atom stereocenters. The van der Waals surface area contributed by atoms with E-state index in [0.717, 1.165) is 0 Å². The Labute approximate surface area is 158 Å². The predicted molar refractivity (Wildman–Crippen MR) is 98.2 cm³/mol. The van der Waals surface area contributed by atoms with Crippen molar-refractivity contribution in [2.24, 2.45) is 5.92 Å². The van der Waals surface area contributed by atoms with Crippen molar-refractivity contribution < 1.29 is 14.4 Å². The Morgan fingerprint density at radius 3 is 2.30 bits per heavy atom. The van der Waals surface area contributed by atoms with E-state index in [1.165, 1.54) is 11.8 Å². The summed E-state index contributed by atoms with van der Waals surface area (Å²) in [5, 5.41) is 20.2. The Balaban J connectivity index is 2.06. The zero-order chi connectivity index (χ0) is 19.8. The average Bonchev–Trinajstić information content (AvgIpc) is 3.03. The van der Waals surface area contributed by atoms with E-state index in [-0.39, 0.29) is 56.6 Å². The van der Waals surface area contributed by atoms with Gasteiger partial charge in [-0.2, -0.15) is 10.5 Å². The summed E-state index contributed by atoms with van der Waals surface area (Å²) < 4.78 is 0. The highest BCUT2D eigenvalue weighted by molar-refractivity contribution is 6.00. The first-order valence-corrected chi connectivity index (χ1v) is 8.67. The van der Waals surface area contributed by atoms with E-state index in [2.05, 4.69) is 5.32 Å². The molecular weight excluding hydrogens is 346 g/mol. The maximum Gasteiger partial charge on any atom is 0.228 e. The first-order chi connectivity index (χ1) is 13.0. The number of carbonyl (C=O) groups excluding carboxylic acids is 3. The van der Waals surface area contributed by atoms with E-state index in [9.17, 15) is 14.4 Å². The molecule has 2 rings (SSSR count). The van der Waals surface area contributed by atoms with Crippen molar-refractivity contribution in [1.29, 1.82) is 10.5 Å². The lowest BCUT2D eigenvalue weighted by molar-refractivity contribution is -0.135. The van der Waals surface area contributed by atoms with Crippen LogP contribution >= 0.6 is 0 Å². The van der Waals surface area contributed by atoms with Crippen LogP contribution in [0.5, 0.6) is 0 Å². The van der Waals surface area contributed by atoms with E-state index in [4.69, 9.17) is 10.5 Å². The van der Waals surface area contributed by atoms with Crippen LogP contribution < -0.4 is 10.2 Å². The van der Waals surface area contributed by atoms with E-state index in [0.29, 0.717) is 11.4 Å². The fourth-order valence-electron chi connectivity index (χ4n) is 3.01. The minimum atomic E-state index is -0.495. The van der Waals surface area contributed by atoms with Crippen LogP contribution in [-0.2, 0) is 14.4 Å². The van der Waals surface area contributed by atoms with Crippen LogP contribution in [-0.4, -0.2) is 42.3 Å².